The van der Waals surface area contributed by atoms with Crippen LogP contribution in [0, 0.1) is 0 Å². The Morgan fingerprint density at radius 2 is 1.88 bits per heavy atom. The maximum absolute atomic E-state index is 11.9. The van der Waals surface area contributed by atoms with E-state index in [2.05, 4.69) is 0 Å². The lowest BCUT2D eigenvalue weighted by Crippen LogP contribution is -2.15. The first-order chi connectivity index (χ1) is 7.93. The highest BCUT2D eigenvalue weighted by Crippen LogP contribution is 2.22. The Kier molecular flexibility index (Phi) is 4.69. The number of aliphatic carboxylic acids is 1. The summed E-state index contributed by atoms with van der Waals surface area (Å²) in [6, 6.07) is 8.93. The molecule has 0 saturated carbocycles. The molecule has 0 aliphatic carbocycles. The lowest BCUT2D eigenvalue weighted by atomic mass is 10.2. The van der Waals surface area contributed by atoms with Crippen molar-refractivity contribution < 1.29 is 18.3 Å². The van der Waals surface area contributed by atoms with E-state index < -0.39 is 21.1 Å². The highest BCUT2D eigenvalue weighted by Gasteiger charge is 2.22. The van der Waals surface area contributed by atoms with E-state index in [-0.39, 0.29) is 18.6 Å². The van der Waals surface area contributed by atoms with Crippen molar-refractivity contribution >= 4 is 15.8 Å². The third kappa shape index (κ3) is 4.19. The zero-order chi connectivity index (χ0) is 12.9. The number of carboxylic acid groups (broad SMARTS) is 1. The van der Waals surface area contributed by atoms with E-state index in [0.717, 1.165) is 5.56 Å². The molecular weight excluding hydrogens is 240 g/mol. The molecule has 1 unspecified atom stereocenters. The van der Waals surface area contributed by atoms with E-state index in [4.69, 9.17) is 5.11 Å². The standard InChI is InChI=1S/C12H16O4S/c1-10(11-6-3-2-4-7-11)17(15,16)9-5-8-12(13)14/h2-4,6-7,10H,5,8-9H2,1H3,(H,13,14). The first kappa shape index (κ1) is 13.7. The highest BCUT2D eigenvalue weighted by atomic mass is 32.2. The van der Waals surface area contributed by atoms with Crippen molar-refractivity contribution in [3.8, 4) is 0 Å². The highest BCUT2D eigenvalue weighted by molar-refractivity contribution is 7.91. The summed E-state index contributed by atoms with van der Waals surface area (Å²) in [6.07, 6.45) is 0.0512. The van der Waals surface area contributed by atoms with Crippen LogP contribution in [0.3, 0.4) is 0 Å². The SMILES string of the molecule is CC(c1ccccc1)S(=O)(=O)CCCC(=O)O. The molecule has 5 heteroatoms. The second kappa shape index (κ2) is 5.82. The molecule has 4 nitrogen and oxygen atoms in total. The molecule has 1 atom stereocenters. The Labute approximate surface area is 101 Å². The largest absolute Gasteiger partial charge is 0.481 e. The molecule has 0 heterocycles. The summed E-state index contributed by atoms with van der Waals surface area (Å²) in [5.74, 6) is -1.05. The smallest absolute Gasteiger partial charge is 0.303 e. The minimum atomic E-state index is -3.27. The van der Waals surface area contributed by atoms with Gasteiger partial charge < -0.3 is 5.11 Å². The van der Waals surface area contributed by atoms with Gasteiger partial charge in [0.15, 0.2) is 9.84 Å². The van der Waals surface area contributed by atoms with Gasteiger partial charge in [-0.05, 0) is 18.9 Å². The molecule has 17 heavy (non-hydrogen) atoms. The molecule has 94 valence electrons. The number of rotatable bonds is 6. The number of hydrogen-bond acceptors (Lipinski definition) is 3. The zero-order valence-corrected chi connectivity index (χ0v) is 10.5. The number of hydrogen-bond donors (Lipinski definition) is 1. The Morgan fingerprint density at radius 1 is 1.29 bits per heavy atom. The summed E-state index contributed by atoms with van der Waals surface area (Å²) in [4.78, 5) is 10.3. The van der Waals surface area contributed by atoms with Crippen LogP contribution in [0.25, 0.3) is 0 Å². The fourth-order valence-electron chi connectivity index (χ4n) is 1.53. The third-order valence-electron chi connectivity index (χ3n) is 2.63. The Balaban J connectivity index is 2.68. The van der Waals surface area contributed by atoms with E-state index in [0.29, 0.717) is 0 Å². The van der Waals surface area contributed by atoms with Gasteiger partial charge in [-0.2, -0.15) is 0 Å². The average Bonchev–Trinajstić information content (AvgIpc) is 2.28. The first-order valence-corrected chi connectivity index (χ1v) is 7.13. The second-order valence-electron chi connectivity index (χ2n) is 3.92. The van der Waals surface area contributed by atoms with Crippen molar-refractivity contribution in [3.05, 3.63) is 35.9 Å². The lowest BCUT2D eigenvalue weighted by Gasteiger charge is -2.12. The van der Waals surface area contributed by atoms with Crippen molar-refractivity contribution in [2.24, 2.45) is 0 Å². The molecule has 1 aromatic rings. The van der Waals surface area contributed by atoms with Crippen LogP contribution in [0.5, 0.6) is 0 Å². The van der Waals surface area contributed by atoms with Crippen molar-refractivity contribution in [3.63, 3.8) is 0 Å². The number of carbonyl (C=O) groups is 1. The van der Waals surface area contributed by atoms with Gasteiger partial charge in [0.25, 0.3) is 0 Å². The predicted octanol–water partition coefficient (Wildman–Crippen LogP) is 2.03. The molecule has 1 rings (SSSR count). The minimum absolute atomic E-state index is 0.0879. The summed E-state index contributed by atoms with van der Waals surface area (Å²) >= 11 is 0. The molecule has 0 amide bonds. The molecule has 0 spiro atoms. The van der Waals surface area contributed by atoms with Gasteiger partial charge in [-0.15, -0.1) is 0 Å². The normalized spacial score (nSPS) is 13.2. The predicted molar refractivity (Wildman–Crippen MR) is 65.5 cm³/mol. The van der Waals surface area contributed by atoms with Crippen LogP contribution >= 0.6 is 0 Å². The summed E-state index contributed by atoms with van der Waals surface area (Å²) in [6.45, 7) is 1.63. The van der Waals surface area contributed by atoms with Gasteiger partial charge in [0.2, 0.25) is 0 Å². The molecule has 0 saturated heterocycles. The fraction of sp³-hybridized carbons (Fsp3) is 0.417. The van der Waals surface area contributed by atoms with Gasteiger partial charge >= 0.3 is 5.97 Å². The minimum Gasteiger partial charge on any atom is -0.481 e. The van der Waals surface area contributed by atoms with E-state index in [1.165, 1.54) is 0 Å². The molecule has 0 aliphatic heterocycles. The average molecular weight is 256 g/mol. The van der Waals surface area contributed by atoms with Crippen LogP contribution in [0.2, 0.25) is 0 Å². The Morgan fingerprint density at radius 3 is 2.41 bits per heavy atom. The maximum atomic E-state index is 11.9. The molecular formula is C12H16O4S. The quantitative estimate of drug-likeness (QED) is 0.845. The molecule has 1 aromatic carbocycles. The topological polar surface area (TPSA) is 71.4 Å². The van der Waals surface area contributed by atoms with Crippen LogP contribution in [-0.4, -0.2) is 25.2 Å². The first-order valence-electron chi connectivity index (χ1n) is 5.42. The maximum Gasteiger partial charge on any atom is 0.303 e. The van der Waals surface area contributed by atoms with Crippen LogP contribution in [-0.2, 0) is 14.6 Å². The molecule has 0 aliphatic rings. The number of carboxylic acids is 1. The van der Waals surface area contributed by atoms with E-state index >= 15 is 0 Å². The van der Waals surface area contributed by atoms with Crippen molar-refractivity contribution in [1.82, 2.24) is 0 Å². The van der Waals surface area contributed by atoms with Crippen LogP contribution in [0.15, 0.2) is 30.3 Å². The summed E-state index contributed by atoms with van der Waals surface area (Å²) < 4.78 is 23.8. The fourth-order valence-corrected chi connectivity index (χ4v) is 3.00. The van der Waals surface area contributed by atoms with E-state index in [1.807, 2.05) is 6.07 Å². The second-order valence-corrected chi connectivity index (χ2v) is 6.36. The zero-order valence-electron chi connectivity index (χ0n) is 9.67. The van der Waals surface area contributed by atoms with Gasteiger partial charge in [0.1, 0.15) is 0 Å². The monoisotopic (exact) mass is 256 g/mol. The molecule has 0 bridgehead atoms. The third-order valence-corrected chi connectivity index (χ3v) is 4.83. The number of benzene rings is 1. The molecule has 1 N–H and O–H groups in total. The lowest BCUT2D eigenvalue weighted by molar-refractivity contribution is -0.137. The van der Waals surface area contributed by atoms with E-state index in [1.54, 1.807) is 31.2 Å². The van der Waals surface area contributed by atoms with Gasteiger partial charge in [0.05, 0.1) is 11.0 Å². The van der Waals surface area contributed by atoms with Crippen molar-refractivity contribution in [2.45, 2.75) is 25.0 Å². The summed E-state index contributed by atoms with van der Waals surface area (Å²) in [5, 5.41) is 7.89. The van der Waals surface area contributed by atoms with Gasteiger partial charge in [-0.1, -0.05) is 30.3 Å². The van der Waals surface area contributed by atoms with Crippen molar-refractivity contribution in [1.29, 1.82) is 0 Å². The summed E-state index contributed by atoms with van der Waals surface area (Å²) in [7, 11) is -3.27. The molecule has 0 aromatic heterocycles. The van der Waals surface area contributed by atoms with Gasteiger partial charge in [-0.25, -0.2) is 8.42 Å². The van der Waals surface area contributed by atoms with E-state index in [9.17, 15) is 13.2 Å². The molecule has 0 fully saturated rings. The Hall–Kier alpha value is -1.36. The van der Waals surface area contributed by atoms with Crippen LogP contribution in [0.4, 0.5) is 0 Å². The summed E-state index contributed by atoms with van der Waals surface area (Å²) in [5.41, 5.74) is 0.739. The number of sulfone groups is 1. The van der Waals surface area contributed by atoms with Crippen LogP contribution < -0.4 is 0 Å². The Bertz CT molecular complexity index is 465. The molecule has 0 radical (unpaired) electrons. The van der Waals surface area contributed by atoms with Crippen LogP contribution in [0.1, 0.15) is 30.6 Å². The van der Waals surface area contributed by atoms with Crippen molar-refractivity contribution in [2.75, 3.05) is 5.75 Å². The van der Waals surface area contributed by atoms with Gasteiger partial charge in [0, 0.05) is 6.42 Å². The van der Waals surface area contributed by atoms with Gasteiger partial charge in [-0.3, -0.25) is 4.79 Å².